The molecule has 0 bridgehead atoms. The first-order chi connectivity index (χ1) is 6.50. The molecular weight excluding hydrogens is 178 g/mol. The van der Waals surface area contributed by atoms with Gasteiger partial charge in [0, 0.05) is 5.69 Å². The molecule has 0 radical (unpaired) electrons. The first kappa shape index (κ1) is 11.2. The number of hydrogen-bond acceptors (Lipinski definition) is 3. The molecule has 0 aliphatic carbocycles. The molecule has 0 aromatic carbocycles. The van der Waals surface area contributed by atoms with Crippen molar-refractivity contribution in [2.24, 2.45) is 0 Å². The molecule has 1 unspecified atom stereocenters. The summed E-state index contributed by atoms with van der Waals surface area (Å²) < 4.78 is 1.92. The molecule has 0 saturated heterocycles. The molecule has 0 aliphatic rings. The van der Waals surface area contributed by atoms with Gasteiger partial charge in [-0.15, -0.1) is 0 Å². The van der Waals surface area contributed by atoms with Crippen LogP contribution in [0.5, 0.6) is 0 Å². The highest BCUT2D eigenvalue weighted by atomic mass is 16.3. The van der Waals surface area contributed by atoms with Crippen LogP contribution in [0, 0.1) is 13.8 Å². The summed E-state index contributed by atoms with van der Waals surface area (Å²) in [5, 5.41) is 16.7. The van der Waals surface area contributed by atoms with Crippen molar-refractivity contribution >= 4 is 0 Å². The number of aryl methyl sites for hydroxylation is 2. The van der Waals surface area contributed by atoms with Crippen LogP contribution in [0.3, 0.4) is 0 Å². The minimum absolute atomic E-state index is 0.0991. The molecule has 4 heteroatoms. The second-order valence-electron chi connectivity index (χ2n) is 4.05. The highest BCUT2D eigenvalue weighted by Crippen LogP contribution is 2.09. The molecule has 1 aromatic rings. The van der Waals surface area contributed by atoms with E-state index in [2.05, 4.69) is 10.4 Å². The van der Waals surface area contributed by atoms with Crippen molar-refractivity contribution in [3.8, 4) is 0 Å². The molecule has 1 atom stereocenters. The number of rotatable bonds is 4. The van der Waals surface area contributed by atoms with Gasteiger partial charge in [0.2, 0.25) is 0 Å². The minimum atomic E-state index is -0.302. The molecule has 4 nitrogen and oxygen atoms in total. The number of nitrogens with one attached hydrogen (secondary N) is 1. The van der Waals surface area contributed by atoms with Gasteiger partial charge in [0.15, 0.2) is 0 Å². The average Bonchev–Trinajstić information content (AvgIpc) is 2.45. The molecular formula is C10H19N3O. The predicted molar refractivity (Wildman–Crippen MR) is 56.3 cm³/mol. The van der Waals surface area contributed by atoms with Gasteiger partial charge in [-0.25, -0.2) is 0 Å². The van der Waals surface area contributed by atoms with Gasteiger partial charge in [-0.05, 0) is 33.9 Å². The standard InChI is InChI=1S/C10H19N3O/c1-8-5-9(2)13(12-8)6-10(3,7-14)11-4/h5,11,14H,6-7H2,1-4H3. The summed E-state index contributed by atoms with van der Waals surface area (Å²) in [4.78, 5) is 0. The number of likely N-dealkylation sites (N-methyl/N-ethyl adjacent to an activating group) is 1. The van der Waals surface area contributed by atoms with E-state index in [4.69, 9.17) is 0 Å². The summed E-state index contributed by atoms with van der Waals surface area (Å²) in [6.07, 6.45) is 0. The zero-order valence-electron chi connectivity index (χ0n) is 9.33. The highest BCUT2D eigenvalue weighted by Gasteiger charge is 2.22. The number of aliphatic hydroxyl groups excluding tert-OH is 1. The summed E-state index contributed by atoms with van der Waals surface area (Å²) >= 11 is 0. The SMILES string of the molecule is CNC(C)(CO)Cn1nc(C)cc1C. The van der Waals surface area contributed by atoms with Gasteiger partial charge in [0.1, 0.15) is 0 Å². The van der Waals surface area contributed by atoms with Crippen molar-refractivity contribution in [1.82, 2.24) is 15.1 Å². The van der Waals surface area contributed by atoms with Crippen LogP contribution in [-0.4, -0.2) is 34.1 Å². The van der Waals surface area contributed by atoms with Gasteiger partial charge in [-0.1, -0.05) is 0 Å². The quantitative estimate of drug-likeness (QED) is 0.737. The van der Waals surface area contributed by atoms with E-state index in [1.807, 2.05) is 38.6 Å². The number of hydrogen-bond donors (Lipinski definition) is 2. The fraction of sp³-hybridized carbons (Fsp3) is 0.700. The molecule has 0 amide bonds. The lowest BCUT2D eigenvalue weighted by Crippen LogP contribution is -2.47. The van der Waals surface area contributed by atoms with E-state index < -0.39 is 0 Å². The molecule has 1 aromatic heterocycles. The van der Waals surface area contributed by atoms with Gasteiger partial charge < -0.3 is 10.4 Å². The van der Waals surface area contributed by atoms with E-state index in [1.54, 1.807) is 0 Å². The Hall–Kier alpha value is -0.870. The molecule has 0 spiro atoms. The zero-order valence-corrected chi connectivity index (χ0v) is 9.33. The van der Waals surface area contributed by atoms with E-state index in [9.17, 15) is 5.11 Å². The third-order valence-corrected chi connectivity index (χ3v) is 2.55. The Bertz CT molecular complexity index is 302. The molecule has 80 valence electrons. The Morgan fingerprint density at radius 3 is 2.57 bits per heavy atom. The maximum atomic E-state index is 9.24. The van der Waals surface area contributed by atoms with Gasteiger partial charge in [-0.2, -0.15) is 5.10 Å². The normalized spacial score (nSPS) is 15.5. The van der Waals surface area contributed by atoms with Crippen LogP contribution in [0.25, 0.3) is 0 Å². The molecule has 0 saturated carbocycles. The third kappa shape index (κ3) is 2.33. The summed E-state index contributed by atoms with van der Waals surface area (Å²) in [5.41, 5.74) is 1.83. The molecule has 1 rings (SSSR count). The Kier molecular flexibility index (Phi) is 3.29. The van der Waals surface area contributed by atoms with E-state index in [0.717, 1.165) is 11.4 Å². The van der Waals surface area contributed by atoms with Crippen molar-refractivity contribution in [1.29, 1.82) is 0 Å². The lowest BCUT2D eigenvalue weighted by molar-refractivity contribution is 0.160. The topological polar surface area (TPSA) is 50.1 Å². The number of nitrogens with zero attached hydrogens (tertiary/aromatic N) is 2. The summed E-state index contributed by atoms with van der Waals surface area (Å²) in [7, 11) is 1.85. The number of aromatic nitrogens is 2. The molecule has 14 heavy (non-hydrogen) atoms. The summed E-state index contributed by atoms with van der Waals surface area (Å²) in [5.74, 6) is 0. The van der Waals surface area contributed by atoms with Crippen LogP contribution in [0.2, 0.25) is 0 Å². The van der Waals surface area contributed by atoms with Gasteiger partial charge in [-0.3, -0.25) is 4.68 Å². The first-order valence-corrected chi connectivity index (χ1v) is 4.81. The third-order valence-electron chi connectivity index (χ3n) is 2.55. The van der Waals surface area contributed by atoms with Crippen molar-refractivity contribution in [3.63, 3.8) is 0 Å². The fourth-order valence-electron chi connectivity index (χ4n) is 1.37. The maximum Gasteiger partial charge on any atom is 0.0628 e. The van der Waals surface area contributed by atoms with Crippen LogP contribution in [-0.2, 0) is 6.54 Å². The highest BCUT2D eigenvalue weighted by molar-refractivity contribution is 5.07. The van der Waals surface area contributed by atoms with Crippen molar-refractivity contribution in [2.75, 3.05) is 13.7 Å². The van der Waals surface area contributed by atoms with Crippen LogP contribution in [0.15, 0.2) is 6.07 Å². The van der Waals surface area contributed by atoms with Crippen molar-refractivity contribution in [2.45, 2.75) is 32.9 Å². The van der Waals surface area contributed by atoms with Crippen LogP contribution >= 0.6 is 0 Å². The monoisotopic (exact) mass is 197 g/mol. The van der Waals surface area contributed by atoms with Gasteiger partial charge >= 0.3 is 0 Å². The second-order valence-corrected chi connectivity index (χ2v) is 4.05. The predicted octanol–water partition coefficient (Wildman–Crippen LogP) is 0.470. The molecule has 2 N–H and O–H groups in total. The van der Waals surface area contributed by atoms with Crippen molar-refractivity contribution < 1.29 is 5.11 Å². The Morgan fingerprint density at radius 2 is 2.21 bits per heavy atom. The second kappa shape index (κ2) is 4.11. The van der Waals surface area contributed by atoms with Crippen molar-refractivity contribution in [3.05, 3.63) is 17.5 Å². The Labute approximate surface area is 84.9 Å². The van der Waals surface area contributed by atoms with Crippen LogP contribution in [0.1, 0.15) is 18.3 Å². The lowest BCUT2D eigenvalue weighted by atomic mass is 10.0. The average molecular weight is 197 g/mol. The maximum absolute atomic E-state index is 9.24. The molecule has 0 fully saturated rings. The first-order valence-electron chi connectivity index (χ1n) is 4.81. The largest absolute Gasteiger partial charge is 0.394 e. The van der Waals surface area contributed by atoms with Crippen LogP contribution in [0.4, 0.5) is 0 Å². The fourth-order valence-corrected chi connectivity index (χ4v) is 1.37. The smallest absolute Gasteiger partial charge is 0.0628 e. The van der Waals surface area contributed by atoms with Gasteiger partial charge in [0.25, 0.3) is 0 Å². The van der Waals surface area contributed by atoms with Crippen LogP contribution < -0.4 is 5.32 Å². The number of aliphatic hydroxyl groups is 1. The Balaban J connectivity index is 2.81. The summed E-state index contributed by atoms with van der Waals surface area (Å²) in [6, 6.07) is 2.04. The minimum Gasteiger partial charge on any atom is -0.394 e. The van der Waals surface area contributed by atoms with Gasteiger partial charge in [0.05, 0.1) is 24.4 Å². The van der Waals surface area contributed by atoms with E-state index >= 15 is 0 Å². The van der Waals surface area contributed by atoms with E-state index in [0.29, 0.717) is 6.54 Å². The molecule has 1 heterocycles. The lowest BCUT2D eigenvalue weighted by Gasteiger charge is -2.27. The van der Waals surface area contributed by atoms with E-state index in [-0.39, 0.29) is 12.1 Å². The van der Waals surface area contributed by atoms with E-state index in [1.165, 1.54) is 0 Å². The Morgan fingerprint density at radius 1 is 1.57 bits per heavy atom. The zero-order chi connectivity index (χ0) is 10.8. The summed E-state index contributed by atoms with van der Waals surface area (Å²) in [6.45, 7) is 6.75. The molecule has 0 aliphatic heterocycles.